The van der Waals surface area contributed by atoms with E-state index in [1.54, 1.807) is 50.1 Å². The van der Waals surface area contributed by atoms with Crippen LogP contribution in [0.3, 0.4) is 0 Å². The molecule has 0 N–H and O–H groups in total. The number of aromatic nitrogens is 2. The van der Waals surface area contributed by atoms with Crippen molar-refractivity contribution in [2.45, 2.75) is 0 Å². The van der Waals surface area contributed by atoms with Crippen molar-refractivity contribution in [3.63, 3.8) is 0 Å². The minimum Gasteiger partial charge on any atom is -0.497 e. The molecule has 5 rings (SSSR count). The Hall–Kier alpha value is -6.81. The Labute approximate surface area is 307 Å². The number of amides is 2. The molecule has 0 aliphatic carbocycles. The summed E-state index contributed by atoms with van der Waals surface area (Å²) in [6, 6.07) is 20.3. The molecular weight excluding hydrogens is 682 g/mol. The Kier molecular flexibility index (Phi) is 11.6. The van der Waals surface area contributed by atoms with Gasteiger partial charge in [-0.15, -0.1) is 0 Å². The monoisotopic (exact) mass is 721 g/mol. The first kappa shape index (κ1) is 37.4. The summed E-state index contributed by atoms with van der Waals surface area (Å²) in [5.74, 6) is 7.52. The van der Waals surface area contributed by atoms with Gasteiger partial charge in [0.05, 0.1) is 56.9 Å². The SMILES string of the molecule is COc1ccc(C#Cc2c(-c3ccc(OC)cc3)nc(N(C(=O)c3cc(OC)c(OC)c(OC)c3)C(=O)c3cc(OC)c(OC)c(OC)c3)n2C)cc1. The topological polar surface area (TPSA) is 129 Å². The van der Waals surface area contributed by atoms with Crippen molar-refractivity contribution < 1.29 is 47.5 Å². The summed E-state index contributed by atoms with van der Waals surface area (Å²) >= 11 is 0. The lowest BCUT2D eigenvalue weighted by Gasteiger charge is -2.22. The molecule has 13 nitrogen and oxygen atoms in total. The van der Waals surface area contributed by atoms with E-state index in [0.29, 0.717) is 34.0 Å². The van der Waals surface area contributed by atoms with Crippen molar-refractivity contribution in [2.24, 2.45) is 7.05 Å². The van der Waals surface area contributed by atoms with E-state index in [2.05, 4.69) is 11.8 Å². The Morgan fingerprint density at radius 2 is 0.981 bits per heavy atom. The van der Waals surface area contributed by atoms with E-state index < -0.39 is 11.8 Å². The van der Waals surface area contributed by atoms with Crippen LogP contribution in [0.1, 0.15) is 32.0 Å². The summed E-state index contributed by atoms with van der Waals surface area (Å²) in [6.07, 6.45) is 0. The number of imidazole rings is 1. The van der Waals surface area contributed by atoms with Gasteiger partial charge in [0.1, 0.15) is 22.9 Å². The number of benzene rings is 4. The molecule has 5 aromatic rings. The molecule has 0 saturated carbocycles. The first-order valence-corrected chi connectivity index (χ1v) is 16.0. The van der Waals surface area contributed by atoms with Crippen molar-refractivity contribution >= 4 is 17.8 Å². The normalized spacial score (nSPS) is 10.4. The molecule has 1 aromatic heterocycles. The first-order valence-electron chi connectivity index (χ1n) is 16.0. The lowest BCUT2D eigenvalue weighted by atomic mass is 10.1. The van der Waals surface area contributed by atoms with Gasteiger partial charge in [-0.05, 0) is 78.7 Å². The highest BCUT2D eigenvalue weighted by Crippen LogP contribution is 2.41. The zero-order chi connectivity index (χ0) is 38.2. The van der Waals surface area contributed by atoms with Gasteiger partial charge in [-0.1, -0.05) is 5.92 Å². The Morgan fingerprint density at radius 3 is 1.36 bits per heavy atom. The average Bonchev–Trinajstić information content (AvgIpc) is 3.53. The molecule has 2 amide bonds. The molecule has 0 atom stereocenters. The Balaban J connectivity index is 1.79. The molecule has 0 saturated heterocycles. The summed E-state index contributed by atoms with van der Waals surface area (Å²) in [7, 11) is 13.4. The van der Waals surface area contributed by atoms with Gasteiger partial charge in [-0.3, -0.25) is 9.59 Å². The van der Waals surface area contributed by atoms with Crippen molar-refractivity contribution in [1.29, 1.82) is 0 Å². The second-order valence-corrected chi connectivity index (χ2v) is 11.1. The molecule has 0 aliphatic rings. The highest BCUT2D eigenvalue weighted by molar-refractivity contribution is 6.25. The molecule has 1 heterocycles. The van der Waals surface area contributed by atoms with Crippen LogP contribution in [0.25, 0.3) is 11.3 Å². The number of hydrogen-bond acceptors (Lipinski definition) is 11. The van der Waals surface area contributed by atoms with Gasteiger partial charge in [0.2, 0.25) is 17.4 Å². The van der Waals surface area contributed by atoms with E-state index in [-0.39, 0.29) is 51.6 Å². The largest absolute Gasteiger partial charge is 0.497 e. The minimum absolute atomic E-state index is 0.0349. The third-order valence-electron chi connectivity index (χ3n) is 8.28. The number of carbonyl (C=O) groups excluding carboxylic acids is 2. The van der Waals surface area contributed by atoms with Gasteiger partial charge in [0, 0.05) is 29.3 Å². The maximum Gasteiger partial charge on any atom is 0.268 e. The van der Waals surface area contributed by atoms with Crippen LogP contribution in [0.4, 0.5) is 5.95 Å². The first-order chi connectivity index (χ1) is 25.7. The number of methoxy groups -OCH3 is 8. The highest BCUT2D eigenvalue weighted by atomic mass is 16.5. The summed E-state index contributed by atoms with van der Waals surface area (Å²) in [5, 5.41) is 0. The molecule has 0 fully saturated rings. The van der Waals surface area contributed by atoms with Crippen molar-refractivity contribution in [1.82, 2.24) is 9.55 Å². The van der Waals surface area contributed by atoms with Crippen LogP contribution in [0.15, 0.2) is 72.8 Å². The van der Waals surface area contributed by atoms with Gasteiger partial charge in [0.25, 0.3) is 11.8 Å². The van der Waals surface area contributed by atoms with Gasteiger partial charge >= 0.3 is 0 Å². The molecule has 0 aliphatic heterocycles. The predicted octanol–water partition coefficient (Wildman–Crippen LogP) is 6.04. The van der Waals surface area contributed by atoms with Crippen LogP contribution < -0.4 is 42.8 Å². The summed E-state index contributed by atoms with van der Waals surface area (Å²) < 4.78 is 45.3. The third kappa shape index (κ3) is 7.48. The molecular formula is C40H39N3O10. The molecule has 53 heavy (non-hydrogen) atoms. The van der Waals surface area contributed by atoms with E-state index >= 15 is 0 Å². The number of anilines is 1. The number of imide groups is 1. The second-order valence-electron chi connectivity index (χ2n) is 11.1. The Morgan fingerprint density at radius 1 is 0.566 bits per heavy atom. The van der Waals surface area contributed by atoms with E-state index in [4.69, 9.17) is 42.9 Å². The quantitative estimate of drug-likeness (QED) is 0.110. The number of rotatable bonds is 12. The summed E-state index contributed by atoms with van der Waals surface area (Å²) in [4.78, 5) is 35.5. The van der Waals surface area contributed by atoms with Crippen molar-refractivity contribution in [3.8, 4) is 69.1 Å². The number of ether oxygens (including phenoxy) is 8. The molecule has 0 spiro atoms. The fourth-order valence-corrected chi connectivity index (χ4v) is 5.53. The summed E-state index contributed by atoms with van der Waals surface area (Å²) in [6.45, 7) is 0. The summed E-state index contributed by atoms with van der Waals surface area (Å²) in [5.41, 5.74) is 2.27. The fourth-order valence-electron chi connectivity index (χ4n) is 5.53. The van der Waals surface area contributed by atoms with Crippen molar-refractivity contribution in [3.05, 3.63) is 95.2 Å². The standard InChI is InChI=1S/C40H39N3O10/c1-42-30(19-12-24-10-15-28(46-2)16-11-24)35(25-13-17-29(47-3)18-14-25)41-40(42)43(38(44)26-20-31(48-4)36(52-8)32(21-26)49-5)39(45)27-22-33(50-6)37(53-9)34(23-27)51-7/h10-11,13-18,20-23H,1-9H3. The molecule has 13 heteroatoms. The van der Waals surface area contributed by atoms with E-state index in [0.717, 1.165) is 4.90 Å². The highest BCUT2D eigenvalue weighted by Gasteiger charge is 2.34. The van der Waals surface area contributed by atoms with E-state index in [1.807, 2.05) is 24.3 Å². The number of carbonyl (C=O) groups is 2. The molecule has 0 unspecified atom stereocenters. The zero-order valence-corrected chi connectivity index (χ0v) is 30.9. The average molecular weight is 722 g/mol. The van der Waals surface area contributed by atoms with E-state index in [9.17, 15) is 9.59 Å². The number of hydrogen-bond donors (Lipinski definition) is 0. The van der Waals surface area contributed by atoms with E-state index in [1.165, 1.54) is 66.9 Å². The molecule has 0 bridgehead atoms. The van der Waals surface area contributed by atoms with Crippen LogP contribution in [-0.2, 0) is 7.05 Å². The van der Waals surface area contributed by atoms with Gasteiger partial charge in [0.15, 0.2) is 23.0 Å². The minimum atomic E-state index is -0.757. The molecule has 0 radical (unpaired) electrons. The fraction of sp³-hybridized carbons (Fsp3) is 0.225. The Bertz CT molecular complexity index is 2060. The second kappa shape index (κ2) is 16.5. The maximum absolute atomic E-state index is 14.8. The predicted molar refractivity (Wildman–Crippen MR) is 198 cm³/mol. The van der Waals surface area contributed by atoms with Crippen LogP contribution in [0.2, 0.25) is 0 Å². The van der Waals surface area contributed by atoms with Crippen LogP contribution in [0, 0.1) is 11.8 Å². The molecule has 274 valence electrons. The maximum atomic E-state index is 14.8. The van der Waals surface area contributed by atoms with Gasteiger partial charge in [-0.25, -0.2) is 9.88 Å². The van der Waals surface area contributed by atoms with Crippen LogP contribution >= 0.6 is 0 Å². The van der Waals surface area contributed by atoms with Gasteiger partial charge < -0.3 is 42.5 Å². The number of nitrogens with zero attached hydrogens (tertiary/aromatic N) is 3. The third-order valence-corrected chi connectivity index (χ3v) is 8.28. The molecule has 4 aromatic carbocycles. The van der Waals surface area contributed by atoms with Crippen molar-refractivity contribution in [2.75, 3.05) is 61.8 Å². The lowest BCUT2D eigenvalue weighted by Crippen LogP contribution is -2.39. The lowest BCUT2D eigenvalue weighted by molar-refractivity contribution is 0.0893. The zero-order valence-electron chi connectivity index (χ0n) is 30.9. The van der Waals surface area contributed by atoms with Crippen LogP contribution in [0.5, 0.6) is 46.0 Å². The smallest absolute Gasteiger partial charge is 0.268 e. The van der Waals surface area contributed by atoms with Gasteiger partial charge in [-0.2, -0.15) is 0 Å². The van der Waals surface area contributed by atoms with Crippen LogP contribution in [-0.4, -0.2) is 78.2 Å².